The Morgan fingerprint density at radius 1 is 1.33 bits per heavy atom. The van der Waals surface area contributed by atoms with Crippen molar-refractivity contribution >= 4 is 11.6 Å². The number of anilines is 1. The Kier molecular flexibility index (Phi) is 5.41. The Balaban J connectivity index is 2.24. The van der Waals surface area contributed by atoms with Gasteiger partial charge in [-0.25, -0.2) is 0 Å². The van der Waals surface area contributed by atoms with E-state index in [0.29, 0.717) is 31.8 Å². The summed E-state index contributed by atoms with van der Waals surface area (Å²) < 4.78 is 5.74. The van der Waals surface area contributed by atoms with Crippen LogP contribution >= 0.6 is 0 Å². The Hall–Kier alpha value is -1.79. The number of amides is 1. The molecule has 6 nitrogen and oxygen atoms in total. The number of carbonyl (C=O) groups excluding carboxylic acids is 1. The molecule has 3 N–H and O–H groups in total. The first-order chi connectivity index (χ1) is 10.2. The second kappa shape index (κ2) is 7.28. The fourth-order valence-corrected chi connectivity index (χ4v) is 2.40. The molecule has 0 saturated carbocycles. The molecule has 0 fully saturated rings. The van der Waals surface area contributed by atoms with Crippen molar-refractivity contribution in [3.63, 3.8) is 0 Å². The van der Waals surface area contributed by atoms with Crippen LogP contribution < -0.4 is 15.0 Å². The number of hydrogen-bond acceptors (Lipinski definition) is 5. The van der Waals surface area contributed by atoms with Gasteiger partial charge >= 0.3 is 0 Å². The summed E-state index contributed by atoms with van der Waals surface area (Å²) in [4.78, 5) is 13.7. The number of benzene rings is 1. The summed E-state index contributed by atoms with van der Waals surface area (Å²) in [5, 5.41) is 21.1. The van der Waals surface area contributed by atoms with E-state index in [-0.39, 0.29) is 19.1 Å². The lowest BCUT2D eigenvalue weighted by Crippen LogP contribution is -2.35. The number of fused-ring (bicyclic) bond motifs is 1. The van der Waals surface area contributed by atoms with E-state index in [1.54, 1.807) is 0 Å². The Morgan fingerprint density at radius 3 is 2.67 bits per heavy atom. The molecule has 0 aromatic heterocycles. The number of carbonyl (C=O) groups is 1. The molecule has 1 amide bonds. The van der Waals surface area contributed by atoms with Crippen molar-refractivity contribution in [1.82, 2.24) is 5.32 Å². The maximum absolute atomic E-state index is 11.8. The minimum absolute atomic E-state index is 0.0161. The van der Waals surface area contributed by atoms with Crippen molar-refractivity contribution in [1.29, 1.82) is 0 Å². The summed E-state index contributed by atoms with van der Waals surface area (Å²) in [6.07, 6.45) is 0.164. The van der Waals surface area contributed by atoms with Gasteiger partial charge in [0.15, 0.2) is 6.10 Å². The summed E-state index contributed by atoms with van der Waals surface area (Å²) >= 11 is 0. The number of rotatable bonds is 6. The van der Waals surface area contributed by atoms with Crippen molar-refractivity contribution < 1.29 is 19.7 Å². The lowest BCUT2D eigenvalue weighted by Gasteiger charge is -2.24. The van der Waals surface area contributed by atoms with Crippen LogP contribution in [0.5, 0.6) is 5.75 Å². The molecular weight excluding hydrogens is 272 g/mol. The molecule has 116 valence electrons. The lowest BCUT2D eigenvalue weighted by molar-refractivity contribution is -0.127. The second-order valence-corrected chi connectivity index (χ2v) is 4.96. The van der Waals surface area contributed by atoms with E-state index in [1.807, 2.05) is 30.0 Å². The van der Waals surface area contributed by atoms with Crippen LogP contribution in [-0.4, -0.2) is 48.5 Å². The van der Waals surface area contributed by atoms with Crippen LogP contribution in [0.4, 0.5) is 5.69 Å². The Labute approximate surface area is 124 Å². The predicted octanol–water partition coefficient (Wildman–Crippen LogP) is 0.265. The second-order valence-electron chi connectivity index (χ2n) is 4.96. The number of hydrogen-bond donors (Lipinski definition) is 3. The fraction of sp³-hybridized carbons (Fsp3) is 0.533. The molecule has 21 heavy (non-hydrogen) atoms. The molecule has 1 aromatic rings. The molecule has 0 aliphatic carbocycles. The zero-order valence-corrected chi connectivity index (χ0v) is 12.2. The predicted molar refractivity (Wildman–Crippen MR) is 79.4 cm³/mol. The lowest BCUT2D eigenvalue weighted by atomic mass is 10.1. The quantitative estimate of drug-likeness (QED) is 0.701. The minimum atomic E-state index is -0.455. The highest BCUT2D eigenvalue weighted by atomic mass is 16.5. The van der Waals surface area contributed by atoms with Crippen LogP contribution in [0.3, 0.4) is 0 Å². The van der Waals surface area contributed by atoms with Gasteiger partial charge in [-0.1, -0.05) is 6.92 Å². The third kappa shape index (κ3) is 3.65. The van der Waals surface area contributed by atoms with Crippen LogP contribution in [0.1, 0.15) is 18.9 Å². The van der Waals surface area contributed by atoms with Gasteiger partial charge in [0.05, 0.1) is 13.2 Å². The Bertz CT molecular complexity index is 487. The maximum Gasteiger partial charge on any atom is 0.261 e. The maximum atomic E-state index is 11.8. The van der Waals surface area contributed by atoms with Gasteiger partial charge in [0.2, 0.25) is 0 Å². The summed E-state index contributed by atoms with van der Waals surface area (Å²) in [7, 11) is 0. The van der Waals surface area contributed by atoms with Crippen molar-refractivity contribution in [2.45, 2.75) is 26.0 Å². The van der Waals surface area contributed by atoms with Gasteiger partial charge < -0.3 is 25.2 Å². The first kappa shape index (κ1) is 15.6. The zero-order chi connectivity index (χ0) is 15.2. The van der Waals surface area contributed by atoms with Gasteiger partial charge in [-0.15, -0.1) is 0 Å². The summed E-state index contributed by atoms with van der Waals surface area (Å²) in [5.74, 6) is 0.606. The van der Waals surface area contributed by atoms with Crippen molar-refractivity contribution in [2.75, 3.05) is 31.2 Å². The highest BCUT2D eigenvalue weighted by molar-refractivity contribution is 5.81. The number of aliphatic hydroxyl groups excluding tert-OH is 2. The van der Waals surface area contributed by atoms with Crippen LogP contribution in [0, 0.1) is 0 Å². The van der Waals surface area contributed by atoms with E-state index < -0.39 is 6.10 Å². The normalized spacial score (nSPS) is 17.5. The molecule has 1 unspecified atom stereocenters. The van der Waals surface area contributed by atoms with Crippen LogP contribution in [0.2, 0.25) is 0 Å². The molecule has 1 aromatic carbocycles. The van der Waals surface area contributed by atoms with Crippen molar-refractivity contribution in [2.24, 2.45) is 0 Å². The fourth-order valence-electron chi connectivity index (χ4n) is 2.40. The topological polar surface area (TPSA) is 82.0 Å². The average molecular weight is 294 g/mol. The van der Waals surface area contributed by atoms with Crippen molar-refractivity contribution in [3.05, 3.63) is 23.8 Å². The smallest absolute Gasteiger partial charge is 0.261 e. The number of nitrogens with zero attached hydrogens (tertiary/aromatic N) is 1. The third-order valence-electron chi connectivity index (χ3n) is 3.53. The number of nitrogens with one attached hydrogen (secondary N) is 1. The van der Waals surface area contributed by atoms with Gasteiger partial charge in [-0.2, -0.15) is 0 Å². The van der Waals surface area contributed by atoms with Gasteiger partial charge in [-0.3, -0.25) is 4.79 Å². The molecule has 0 bridgehead atoms. The van der Waals surface area contributed by atoms with E-state index in [1.165, 1.54) is 0 Å². The summed E-state index contributed by atoms with van der Waals surface area (Å²) in [6, 6.07) is 5.65. The molecule has 6 heteroatoms. The van der Waals surface area contributed by atoms with E-state index in [2.05, 4.69) is 5.32 Å². The van der Waals surface area contributed by atoms with Crippen LogP contribution in [0.15, 0.2) is 18.2 Å². The summed E-state index contributed by atoms with van der Waals surface area (Å²) in [6.45, 7) is 3.26. The monoisotopic (exact) mass is 294 g/mol. The number of ether oxygens (including phenoxy) is 1. The molecule has 1 aliphatic heterocycles. The van der Waals surface area contributed by atoms with Gasteiger partial charge in [-0.05, 0) is 24.6 Å². The minimum Gasteiger partial charge on any atom is -0.480 e. The first-order valence-electron chi connectivity index (χ1n) is 7.23. The van der Waals surface area contributed by atoms with Gasteiger partial charge in [0.25, 0.3) is 5.91 Å². The molecule has 1 atom stereocenters. The van der Waals surface area contributed by atoms with Crippen molar-refractivity contribution in [3.8, 4) is 5.75 Å². The molecular formula is C15H22N2O4. The van der Waals surface area contributed by atoms with Gasteiger partial charge in [0.1, 0.15) is 5.75 Å². The van der Waals surface area contributed by atoms with E-state index in [4.69, 9.17) is 14.9 Å². The van der Waals surface area contributed by atoms with Crippen LogP contribution in [-0.2, 0) is 11.3 Å². The third-order valence-corrected chi connectivity index (χ3v) is 3.53. The standard InChI is InChI=1S/C15H22N2O4/c1-2-13-15(20)16-10-11-9-12(3-4-14(11)21-13)17(5-7-18)6-8-19/h3-4,9,13,18-19H,2,5-8,10H2,1H3,(H,16,20). The molecule has 0 saturated heterocycles. The first-order valence-corrected chi connectivity index (χ1v) is 7.23. The van der Waals surface area contributed by atoms with E-state index in [9.17, 15) is 4.79 Å². The zero-order valence-electron chi connectivity index (χ0n) is 12.2. The SMILES string of the molecule is CCC1Oc2ccc(N(CCO)CCO)cc2CNC1=O. The molecule has 1 heterocycles. The summed E-state index contributed by atoms with van der Waals surface area (Å²) in [5.41, 5.74) is 1.79. The molecule has 2 rings (SSSR count). The van der Waals surface area contributed by atoms with Gasteiger partial charge in [0, 0.05) is 30.9 Å². The molecule has 0 spiro atoms. The van der Waals surface area contributed by atoms with Crippen LogP contribution in [0.25, 0.3) is 0 Å². The molecule has 0 radical (unpaired) electrons. The average Bonchev–Trinajstić information content (AvgIpc) is 2.65. The highest BCUT2D eigenvalue weighted by Gasteiger charge is 2.23. The van der Waals surface area contributed by atoms with E-state index in [0.717, 1.165) is 11.3 Å². The Morgan fingerprint density at radius 2 is 2.05 bits per heavy atom. The number of aliphatic hydroxyl groups is 2. The molecule has 1 aliphatic rings. The highest BCUT2D eigenvalue weighted by Crippen LogP contribution is 2.28. The van der Waals surface area contributed by atoms with E-state index >= 15 is 0 Å². The largest absolute Gasteiger partial charge is 0.480 e.